The van der Waals surface area contributed by atoms with Gasteiger partial charge in [0.05, 0.1) is 6.33 Å². The van der Waals surface area contributed by atoms with Crippen LogP contribution in [0.1, 0.15) is 13.3 Å². The van der Waals surface area contributed by atoms with Crippen molar-refractivity contribution in [3.8, 4) is 0 Å². The van der Waals surface area contributed by atoms with Crippen molar-refractivity contribution in [2.24, 2.45) is 14.1 Å². The quantitative estimate of drug-likeness (QED) is 0.661. The molecule has 1 aromatic carbocycles. The predicted octanol–water partition coefficient (Wildman–Crippen LogP) is 0.421. The number of aryl methyl sites for hydroxylation is 2. The number of rotatable bonds is 5. The topological polar surface area (TPSA) is 120 Å². The Morgan fingerprint density at radius 3 is 2.21 bits per heavy atom. The molecule has 0 saturated heterocycles. The van der Waals surface area contributed by atoms with Gasteiger partial charge in [-0.3, -0.25) is 23.5 Å². The summed E-state index contributed by atoms with van der Waals surface area (Å²) in [5.74, 6) is -0.413. The van der Waals surface area contributed by atoms with Gasteiger partial charge in [0, 0.05) is 45.4 Å². The second kappa shape index (κ2) is 7.51. The van der Waals surface area contributed by atoms with Crippen molar-refractivity contribution in [2.45, 2.75) is 19.9 Å². The molecule has 28 heavy (non-hydrogen) atoms. The Morgan fingerprint density at radius 1 is 1.00 bits per heavy atom. The van der Waals surface area contributed by atoms with Gasteiger partial charge < -0.3 is 15.2 Å². The van der Waals surface area contributed by atoms with Crippen LogP contribution < -0.4 is 21.9 Å². The Morgan fingerprint density at radius 2 is 1.61 bits per heavy atom. The molecule has 0 unspecified atom stereocenters. The molecule has 146 valence electrons. The van der Waals surface area contributed by atoms with Gasteiger partial charge in [0.2, 0.25) is 11.8 Å². The summed E-state index contributed by atoms with van der Waals surface area (Å²) in [6, 6.07) is 6.73. The Hall–Kier alpha value is -3.69. The lowest BCUT2D eigenvalue weighted by Crippen LogP contribution is -2.37. The van der Waals surface area contributed by atoms with E-state index in [2.05, 4.69) is 15.6 Å². The number of hydrogen-bond acceptors (Lipinski definition) is 5. The molecule has 0 radical (unpaired) electrons. The maximum Gasteiger partial charge on any atom is 0.332 e. The fourth-order valence-corrected chi connectivity index (χ4v) is 2.85. The molecule has 2 amide bonds. The first kappa shape index (κ1) is 19.1. The molecule has 0 bridgehead atoms. The van der Waals surface area contributed by atoms with Crippen molar-refractivity contribution in [1.82, 2.24) is 18.7 Å². The first-order valence-electron chi connectivity index (χ1n) is 8.56. The normalized spacial score (nSPS) is 10.8. The fourth-order valence-electron chi connectivity index (χ4n) is 2.85. The zero-order valence-corrected chi connectivity index (χ0v) is 15.7. The van der Waals surface area contributed by atoms with E-state index in [4.69, 9.17) is 0 Å². The van der Waals surface area contributed by atoms with Gasteiger partial charge in [-0.05, 0) is 24.3 Å². The largest absolute Gasteiger partial charge is 0.332 e. The van der Waals surface area contributed by atoms with E-state index < -0.39 is 11.2 Å². The lowest BCUT2D eigenvalue weighted by molar-refractivity contribution is -0.116. The number of nitrogens with zero attached hydrogens (tertiary/aromatic N) is 4. The van der Waals surface area contributed by atoms with Crippen LogP contribution in [-0.4, -0.2) is 30.5 Å². The number of nitrogens with one attached hydrogen (secondary N) is 2. The van der Waals surface area contributed by atoms with Crippen molar-refractivity contribution in [3.05, 3.63) is 51.4 Å². The number of carbonyl (C=O) groups excluding carboxylic acids is 2. The molecule has 3 aromatic rings. The van der Waals surface area contributed by atoms with Crippen LogP contribution in [-0.2, 0) is 30.2 Å². The van der Waals surface area contributed by atoms with Crippen LogP contribution in [0.25, 0.3) is 11.2 Å². The van der Waals surface area contributed by atoms with Gasteiger partial charge in [-0.15, -0.1) is 0 Å². The number of benzene rings is 1. The molecule has 2 aromatic heterocycles. The summed E-state index contributed by atoms with van der Waals surface area (Å²) < 4.78 is 3.87. The Kier molecular flexibility index (Phi) is 5.12. The van der Waals surface area contributed by atoms with Gasteiger partial charge in [0.25, 0.3) is 5.56 Å². The van der Waals surface area contributed by atoms with Gasteiger partial charge >= 0.3 is 5.69 Å². The summed E-state index contributed by atoms with van der Waals surface area (Å²) in [7, 11) is 2.94. The highest BCUT2D eigenvalue weighted by Gasteiger charge is 2.14. The molecule has 10 nitrogen and oxygen atoms in total. The van der Waals surface area contributed by atoms with E-state index in [9.17, 15) is 19.2 Å². The number of imidazole rings is 1. The van der Waals surface area contributed by atoms with Crippen LogP contribution in [0.4, 0.5) is 11.4 Å². The lowest BCUT2D eigenvalue weighted by atomic mass is 10.2. The van der Waals surface area contributed by atoms with Crippen molar-refractivity contribution in [3.63, 3.8) is 0 Å². The summed E-state index contributed by atoms with van der Waals surface area (Å²) in [5.41, 5.74) is 0.872. The summed E-state index contributed by atoms with van der Waals surface area (Å²) in [4.78, 5) is 51.7. The number of fused-ring (bicyclic) bond motifs is 1. The summed E-state index contributed by atoms with van der Waals surface area (Å²) in [5, 5.41) is 5.40. The lowest BCUT2D eigenvalue weighted by Gasteiger charge is -2.08. The smallest absolute Gasteiger partial charge is 0.326 e. The molecule has 10 heteroatoms. The zero-order chi connectivity index (χ0) is 20.4. The molecule has 0 atom stereocenters. The van der Waals surface area contributed by atoms with E-state index >= 15 is 0 Å². The van der Waals surface area contributed by atoms with Crippen molar-refractivity contribution in [2.75, 3.05) is 10.6 Å². The van der Waals surface area contributed by atoms with Crippen LogP contribution in [0, 0.1) is 0 Å². The highest BCUT2D eigenvalue weighted by atomic mass is 16.2. The van der Waals surface area contributed by atoms with Crippen molar-refractivity contribution >= 4 is 34.4 Å². The average Bonchev–Trinajstić information content (AvgIpc) is 3.08. The molecule has 0 aliphatic rings. The van der Waals surface area contributed by atoms with E-state index in [1.165, 1.54) is 24.9 Å². The van der Waals surface area contributed by atoms with Crippen LogP contribution in [0.15, 0.2) is 40.2 Å². The third-order valence-corrected chi connectivity index (χ3v) is 4.29. The Labute approximate surface area is 159 Å². The number of carbonyl (C=O) groups is 2. The molecule has 0 saturated carbocycles. The number of anilines is 2. The minimum Gasteiger partial charge on any atom is -0.326 e. The van der Waals surface area contributed by atoms with Crippen LogP contribution in [0.2, 0.25) is 0 Å². The molecule has 0 fully saturated rings. The predicted molar refractivity (Wildman–Crippen MR) is 104 cm³/mol. The van der Waals surface area contributed by atoms with E-state index in [1.54, 1.807) is 35.9 Å². The van der Waals surface area contributed by atoms with Gasteiger partial charge in [-0.2, -0.15) is 0 Å². The van der Waals surface area contributed by atoms with E-state index in [0.29, 0.717) is 11.4 Å². The summed E-state index contributed by atoms with van der Waals surface area (Å²) in [6.07, 6.45) is 1.56. The molecular weight excluding hydrogens is 364 g/mol. The molecular formula is C18H20N6O4. The third kappa shape index (κ3) is 3.70. The molecule has 0 aliphatic heterocycles. The second-order valence-corrected chi connectivity index (χ2v) is 6.37. The van der Waals surface area contributed by atoms with Gasteiger partial charge in [-0.1, -0.05) is 0 Å². The second-order valence-electron chi connectivity index (χ2n) is 6.37. The van der Waals surface area contributed by atoms with E-state index in [-0.39, 0.29) is 35.9 Å². The maximum absolute atomic E-state index is 12.4. The van der Waals surface area contributed by atoms with Crippen LogP contribution in [0.5, 0.6) is 0 Å². The third-order valence-electron chi connectivity index (χ3n) is 4.29. The number of amides is 2. The molecule has 2 heterocycles. The SMILES string of the molecule is CC(=O)Nc1ccc(NC(=O)CCn2cnc3c2c(=O)n(C)c(=O)n3C)cc1. The number of hydrogen-bond donors (Lipinski definition) is 2. The first-order valence-corrected chi connectivity index (χ1v) is 8.56. The van der Waals surface area contributed by atoms with Gasteiger partial charge in [-0.25, -0.2) is 9.78 Å². The van der Waals surface area contributed by atoms with Crippen LogP contribution >= 0.6 is 0 Å². The molecule has 2 N–H and O–H groups in total. The average molecular weight is 384 g/mol. The Balaban J connectivity index is 1.71. The summed E-state index contributed by atoms with van der Waals surface area (Å²) >= 11 is 0. The van der Waals surface area contributed by atoms with Gasteiger partial charge in [0.15, 0.2) is 11.2 Å². The van der Waals surface area contributed by atoms with Gasteiger partial charge in [0.1, 0.15) is 0 Å². The first-order chi connectivity index (χ1) is 13.3. The highest BCUT2D eigenvalue weighted by Crippen LogP contribution is 2.14. The molecule has 0 aliphatic carbocycles. The minimum atomic E-state index is -0.455. The van der Waals surface area contributed by atoms with E-state index in [1.807, 2.05) is 0 Å². The summed E-state index contributed by atoms with van der Waals surface area (Å²) in [6.45, 7) is 1.65. The van der Waals surface area contributed by atoms with Crippen molar-refractivity contribution in [1.29, 1.82) is 0 Å². The Bertz CT molecular complexity index is 1170. The molecule has 0 spiro atoms. The standard InChI is InChI=1S/C18H20N6O4/c1-11(25)20-12-4-6-13(7-5-12)21-14(26)8-9-24-10-19-16-15(24)17(27)23(3)18(28)22(16)2/h4-7,10H,8-9H2,1-3H3,(H,20,25)(H,21,26). The van der Waals surface area contributed by atoms with Crippen LogP contribution in [0.3, 0.4) is 0 Å². The van der Waals surface area contributed by atoms with E-state index in [0.717, 1.165) is 4.57 Å². The fraction of sp³-hybridized carbons (Fsp3) is 0.278. The van der Waals surface area contributed by atoms with Crippen molar-refractivity contribution < 1.29 is 9.59 Å². The molecule has 3 rings (SSSR count). The maximum atomic E-state index is 12.4. The minimum absolute atomic E-state index is 0.116. The number of aromatic nitrogens is 4. The zero-order valence-electron chi connectivity index (χ0n) is 15.7. The highest BCUT2D eigenvalue weighted by molar-refractivity contribution is 5.92. The monoisotopic (exact) mass is 384 g/mol.